The predicted molar refractivity (Wildman–Crippen MR) is 96.3 cm³/mol. The Balaban J connectivity index is 0. The molecule has 0 spiro atoms. The van der Waals surface area contributed by atoms with Gasteiger partial charge in [-0.3, -0.25) is 0 Å². The molecule has 0 amide bonds. The van der Waals surface area contributed by atoms with Gasteiger partial charge in [-0.05, 0) is 56.5 Å². The van der Waals surface area contributed by atoms with Crippen molar-refractivity contribution in [2.45, 2.75) is 53.4 Å². The molecule has 1 aliphatic heterocycles. The van der Waals surface area contributed by atoms with Gasteiger partial charge < -0.3 is 10.1 Å². The van der Waals surface area contributed by atoms with Crippen molar-refractivity contribution in [1.29, 1.82) is 0 Å². The number of rotatable bonds is 4. The fourth-order valence-corrected chi connectivity index (χ4v) is 1.72. The Morgan fingerprint density at radius 2 is 1.76 bits per heavy atom. The maximum atomic E-state index is 5.11. The van der Waals surface area contributed by atoms with E-state index in [-0.39, 0.29) is 0 Å². The zero-order chi connectivity index (χ0) is 16.3. The van der Waals surface area contributed by atoms with Crippen LogP contribution in [0.4, 0.5) is 0 Å². The summed E-state index contributed by atoms with van der Waals surface area (Å²) >= 11 is 0. The normalized spacial score (nSPS) is 11.7. The van der Waals surface area contributed by atoms with Gasteiger partial charge in [0, 0.05) is 0 Å². The molecular weight excluding hydrogens is 258 g/mol. The van der Waals surface area contributed by atoms with Crippen molar-refractivity contribution in [1.82, 2.24) is 5.32 Å². The Bertz CT molecular complexity index is 311. The van der Waals surface area contributed by atoms with Gasteiger partial charge in [-0.25, -0.2) is 0 Å². The van der Waals surface area contributed by atoms with E-state index in [1.807, 2.05) is 45.9 Å². The van der Waals surface area contributed by atoms with E-state index in [0.29, 0.717) is 0 Å². The first-order valence-corrected chi connectivity index (χ1v) is 8.31. The Morgan fingerprint density at radius 3 is 2.19 bits per heavy atom. The van der Waals surface area contributed by atoms with Crippen LogP contribution in [0.3, 0.4) is 0 Å². The topological polar surface area (TPSA) is 21.3 Å². The SMILES string of the molecule is C1CCNC1.C=CCCc1cccc(OC)c1.CC.CC. The number of aryl methyl sites for hydroxylation is 1. The standard InChI is InChI=1S/C11H14O.C4H9N.2C2H6/c1-3-4-6-10-7-5-8-11(9-10)12-2;1-2-4-5-3-1;2*1-2/h3,5,7-9H,1,4,6H2,2H3;5H,1-4H2;2*1-2H3. The van der Waals surface area contributed by atoms with Crippen LogP contribution in [0.15, 0.2) is 36.9 Å². The molecular formula is C19H35NO. The zero-order valence-electron chi connectivity index (χ0n) is 14.7. The van der Waals surface area contributed by atoms with Crippen LogP contribution >= 0.6 is 0 Å². The Hall–Kier alpha value is -1.28. The number of nitrogens with one attached hydrogen (secondary N) is 1. The lowest BCUT2D eigenvalue weighted by Crippen LogP contribution is -2.03. The van der Waals surface area contributed by atoms with Crippen LogP contribution in [-0.4, -0.2) is 20.2 Å². The number of benzene rings is 1. The van der Waals surface area contributed by atoms with Crippen molar-refractivity contribution in [2.24, 2.45) is 0 Å². The molecule has 1 aliphatic rings. The summed E-state index contributed by atoms with van der Waals surface area (Å²) in [6.07, 6.45) is 6.77. The van der Waals surface area contributed by atoms with Gasteiger partial charge in [-0.15, -0.1) is 6.58 Å². The largest absolute Gasteiger partial charge is 0.497 e. The first-order valence-electron chi connectivity index (χ1n) is 8.31. The third kappa shape index (κ3) is 13.5. The Labute approximate surface area is 132 Å². The summed E-state index contributed by atoms with van der Waals surface area (Å²) in [6, 6.07) is 8.13. The van der Waals surface area contributed by atoms with Gasteiger partial charge >= 0.3 is 0 Å². The van der Waals surface area contributed by atoms with Crippen molar-refractivity contribution in [2.75, 3.05) is 20.2 Å². The lowest BCUT2D eigenvalue weighted by atomic mass is 10.1. The van der Waals surface area contributed by atoms with Gasteiger partial charge in [0.1, 0.15) is 5.75 Å². The van der Waals surface area contributed by atoms with E-state index in [0.717, 1.165) is 18.6 Å². The molecule has 1 aromatic rings. The molecule has 1 saturated heterocycles. The van der Waals surface area contributed by atoms with Crippen molar-refractivity contribution in [3.63, 3.8) is 0 Å². The lowest BCUT2D eigenvalue weighted by molar-refractivity contribution is 0.414. The van der Waals surface area contributed by atoms with Crippen LogP contribution in [0.2, 0.25) is 0 Å². The quantitative estimate of drug-likeness (QED) is 0.767. The Kier molecular flexibility index (Phi) is 19.6. The van der Waals surface area contributed by atoms with Gasteiger partial charge in [-0.2, -0.15) is 0 Å². The van der Waals surface area contributed by atoms with E-state index < -0.39 is 0 Å². The van der Waals surface area contributed by atoms with Crippen molar-refractivity contribution >= 4 is 0 Å². The number of ether oxygens (including phenoxy) is 1. The van der Waals surface area contributed by atoms with Crippen molar-refractivity contribution < 1.29 is 4.74 Å². The van der Waals surface area contributed by atoms with Gasteiger partial charge in [0.05, 0.1) is 7.11 Å². The highest BCUT2D eigenvalue weighted by molar-refractivity contribution is 5.28. The summed E-state index contributed by atoms with van der Waals surface area (Å²) in [5.74, 6) is 0.927. The highest BCUT2D eigenvalue weighted by Gasteiger charge is 1.93. The molecule has 1 aromatic carbocycles. The third-order valence-electron chi connectivity index (χ3n) is 2.73. The highest BCUT2D eigenvalue weighted by Crippen LogP contribution is 2.13. The van der Waals surface area contributed by atoms with Crippen LogP contribution < -0.4 is 10.1 Å². The molecule has 2 heteroatoms. The second-order valence-corrected chi connectivity index (χ2v) is 4.14. The number of hydrogen-bond donors (Lipinski definition) is 1. The number of allylic oxidation sites excluding steroid dienone is 1. The van der Waals surface area contributed by atoms with E-state index in [4.69, 9.17) is 4.74 Å². The van der Waals surface area contributed by atoms with E-state index in [1.165, 1.54) is 31.5 Å². The first kappa shape index (κ1) is 22.0. The number of hydrogen-bond acceptors (Lipinski definition) is 2. The molecule has 122 valence electrons. The van der Waals surface area contributed by atoms with Crippen LogP contribution in [-0.2, 0) is 6.42 Å². The fourth-order valence-electron chi connectivity index (χ4n) is 1.72. The van der Waals surface area contributed by atoms with Gasteiger partial charge in [0.2, 0.25) is 0 Å². The van der Waals surface area contributed by atoms with E-state index in [1.54, 1.807) is 7.11 Å². The lowest BCUT2D eigenvalue weighted by Gasteiger charge is -2.02. The molecule has 21 heavy (non-hydrogen) atoms. The highest BCUT2D eigenvalue weighted by atomic mass is 16.5. The van der Waals surface area contributed by atoms with Crippen LogP contribution in [0, 0.1) is 0 Å². The molecule has 0 saturated carbocycles. The molecule has 0 unspecified atom stereocenters. The maximum absolute atomic E-state index is 5.11. The van der Waals surface area contributed by atoms with E-state index in [9.17, 15) is 0 Å². The summed E-state index contributed by atoms with van der Waals surface area (Å²) in [7, 11) is 1.69. The smallest absolute Gasteiger partial charge is 0.119 e. The summed E-state index contributed by atoms with van der Waals surface area (Å²) in [5.41, 5.74) is 1.30. The van der Waals surface area contributed by atoms with E-state index >= 15 is 0 Å². The van der Waals surface area contributed by atoms with Crippen molar-refractivity contribution in [3.05, 3.63) is 42.5 Å². The van der Waals surface area contributed by atoms with E-state index in [2.05, 4.69) is 24.0 Å². The minimum Gasteiger partial charge on any atom is -0.497 e. The minimum atomic E-state index is 0.927. The second-order valence-electron chi connectivity index (χ2n) is 4.14. The average molecular weight is 293 g/mol. The molecule has 0 atom stereocenters. The molecule has 0 bridgehead atoms. The summed E-state index contributed by atoms with van der Waals surface area (Å²) in [4.78, 5) is 0. The summed E-state index contributed by atoms with van der Waals surface area (Å²) in [5, 5.41) is 3.22. The van der Waals surface area contributed by atoms with Crippen molar-refractivity contribution in [3.8, 4) is 5.75 Å². The Morgan fingerprint density at radius 1 is 1.14 bits per heavy atom. The monoisotopic (exact) mass is 293 g/mol. The van der Waals surface area contributed by atoms with Gasteiger partial charge in [0.15, 0.2) is 0 Å². The fraction of sp³-hybridized carbons (Fsp3) is 0.579. The van der Waals surface area contributed by atoms with Crippen LogP contribution in [0.25, 0.3) is 0 Å². The average Bonchev–Trinajstić information content (AvgIpc) is 3.17. The molecule has 2 rings (SSSR count). The minimum absolute atomic E-state index is 0.927. The molecule has 1 N–H and O–H groups in total. The summed E-state index contributed by atoms with van der Waals surface area (Å²) in [6.45, 7) is 14.2. The van der Waals surface area contributed by atoms with Gasteiger partial charge in [-0.1, -0.05) is 45.9 Å². The third-order valence-corrected chi connectivity index (χ3v) is 2.73. The second kappa shape index (κ2) is 18.7. The van der Waals surface area contributed by atoms with Crippen LogP contribution in [0.5, 0.6) is 5.75 Å². The molecule has 1 heterocycles. The maximum Gasteiger partial charge on any atom is 0.119 e. The predicted octanol–water partition coefficient (Wildman–Crippen LogP) is 5.24. The number of methoxy groups -OCH3 is 1. The van der Waals surface area contributed by atoms with Gasteiger partial charge in [0.25, 0.3) is 0 Å². The molecule has 2 nitrogen and oxygen atoms in total. The first-order chi connectivity index (χ1) is 10.4. The summed E-state index contributed by atoms with van der Waals surface area (Å²) < 4.78 is 5.11. The molecule has 0 aliphatic carbocycles. The zero-order valence-corrected chi connectivity index (χ0v) is 14.7. The molecule has 0 radical (unpaired) electrons. The molecule has 0 aromatic heterocycles. The molecule has 1 fully saturated rings. The van der Waals surface area contributed by atoms with Crippen LogP contribution in [0.1, 0.15) is 52.5 Å².